The van der Waals surface area contributed by atoms with Crippen LogP contribution in [0, 0.1) is 11.8 Å². The van der Waals surface area contributed by atoms with Gasteiger partial charge < -0.3 is 4.74 Å². The van der Waals surface area contributed by atoms with Crippen LogP contribution in [0.3, 0.4) is 0 Å². The number of ether oxygens (including phenoxy) is 1. The van der Waals surface area contributed by atoms with Gasteiger partial charge in [0, 0.05) is 0 Å². The Morgan fingerprint density at radius 3 is 2.45 bits per heavy atom. The van der Waals surface area contributed by atoms with E-state index in [4.69, 9.17) is 4.74 Å². The molecule has 1 heteroatoms. The summed E-state index contributed by atoms with van der Waals surface area (Å²) in [6, 6.07) is 0. The van der Waals surface area contributed by atoms with Crippen LogP contribution in [0.4, 0.5) is 0 Å². The van der Waals surface area contributed by atoms with E-state index in [0.717, 1.165) is 11.8 Å². The molecule has 2 bridgehead atoms. The first-order valence-corrected chi connectivity index (χ1v) is 4.79. The summed E-state index contributed by atoms with van der Waals surface area (Å²) < 4.78 is 5.93. The fraction of sp³-hybridized carbons (Fsp3) is 1.00. The third kappa shape index (κ3) is 1.01. The summed E-state index contributed by atoms with van der Waals surface area (Å²) in [5.41, 5.74) is 0.249. The van der Waals surface area contributed by atoms with E-state index in [1.807, 2.05) is 0 Å². The van der Waals surface area contributed by atoms with Gasteiger partial charge in [0.05, 0.1) is 11.7 Å². The molecule has 11 heavy (non-hydrogen) atoms. The van der Waals surface area contributed by atoms with E-state index in [1.165, 1.54) is 19.3 Å². The van der Waals surface area contributed by atoms with Crippen LogP contribution in [0.1, 0.15) is 40.0 Å². The highest BCUT2D eigenvalue weighted by Gasteiger charge is 2.50. The molecule has 2 heterocycles. The second-order valence-corrected chi connectivity index (χ2v) is 4.68. The van der Waals surface area contributed by atoms with Crippen LogP contribution in [0.5, 0.6) is 0 Å². The van der Waals surface area contributed by atoms with E-state index in [0.29, 0.717) is 6.10 Å². The van der Waals surface area contributed by atoms with Gasteiger partial charge in [-0.2, -0.15) is 0 Å². The highest BCUT2D eigenvalue weighted by Crippen LogP contribution is 2.50. The molecule has 1 nitrogen and oxygen atoms in total. The van der Waals surface area contributed by atoms with E-state index in [-0.39, 0.29) is 5.60 Å². The van der Waals surface area contributed by atoms with Crippen molar-refractivity contribution in [1.29, 1.82) is 0 Å². The van der Waals surface area contributed by atoms with Crippen LogP contribution < -0.4 is 0 Å². The Labute approximate surface area is 69.1 Å². The van der Waals surface area contributed by atoms with Gasteiger partial charge in [-0.1, -0.05) is 13.8 Å². The van der Waals surface area contributed by atoms with Crippen molar-refractivity contribution in [3.63, 3.8) is 0 Å². The van der Waals surface area contributed by atoms with Crippen LogP contribution in [-0.2, 0) is 4.74 Å². The lowest BCUT2D eigenvalue weighted by Gasteiger charge is -2.31. The van der Waals surface area contributed by atoms with Gasteiger partial charge in [0.2, 0.25) is 0 Å². The lowest BCUT2D eigenvalue weighted by Crippen LogP contribution is -2.33. The van der Waals surface area contributed by atoms with Crippen LogP contribution in [0.2, 0.25) is 0 Å². The molecular formula is C10H18O. The zero-order valence-electron chi connectivity index (χ0n) is 7.76. The Kier molecular flexibility index (Phi) is 1.54. The van der Waals surface area contributed by atoms with Crippen molar-refractivity contribution in [3.8, 4) is 0 Å². The smallest absolute Gasteiger partial charge is 0.0690 e. The van der Waals surface area contributed by atoms with Crippen LogP contribution in [0.15, 0.2) is 0 Å². The van der Waals surface area contributed by atoms with Gasteiger partial charge in [0.15, 0.2) is 0 Å². The topological polar surface area (TPSA) is 9.23 Å². The van der Waals surface area contributed by atoms with Gasteiger partial charge in [-0.25, -0.2) is 0 Å². The Morgan fingerprint density at radius 2 is 2.18 bits per heavy atom. The number of rotatable bonds is 1. The van der Waals surface area contributed by atoms with E-state index in [9.17, 15) is 0 Å². The van der Waals surface area contributed by atoms with Gasteiger partial charge in [-0.15, -0.1) is 0 Å². The SMILES string of the molecule is CC(C)C1CC2CCC1(C)O2. The van der Waals surface area contributed by atoms with E-state index in [2.05, 4.69) is 20.8 Å². The molecule has 2 aliphatic rings. The first-order chi connectivity index (χ1) is 5.12. The maximum absolute atomic E-state index is 5.93. The quantitative estimate of drug-likeness (QED) is 0.564. The molecule has 2 rings (SSSR count). The molecule has 3 atom stereocenters. The fourth-order valence-electron chi connectivity index (χ4n) is 2.89. The summed E-state index contributed by atoms with van der Waals surface area (Å²) >= 11 is 0. The summed E-state index contributed by atoms with van der Waals surface area (Å²) in [6.45, 7) is 6.94. The summed E-state index contributed by atoms with van der Waals surface area (Å²) in [5.74, 6) is 1.62. The Hall–Kier alpha value is -0.0400. The molecule has 0 aromatic heterocycles. The monoisotopic (exact) mass is 154 g/mol. The maximum Gasteiger partial charge on any atom is 0.0690 e. The average Bonchev–Trinajstić information content (AvgIpc) is 2.41. The molecule has 0 N–H and O–H groups in total. The van der Waals surface area contributed by atoms with Crippen LogP contribution in [0.25, 0.3) is 0 Å². The Balaban J connectivity index is 2.15. The molecule has 0 amide bonds. The summed E-state index contributed by atoms with van der Waals surface area (Å²) in [7, 11) is 0. The Morgan fingerprint density at radius 1 is 1.45 bits per heavy atom. The predicted molar refractivity (Wildman–Crippen MR) is 45.5 cm³/mol. The molecule has 2 saturated heterocycles. The minimum atomic E-state index is 0.249. The molecule has 0 radical (unpaired) electrons. The van der Waals surface area contributed by atoms with Crippen LogP contribution in [-0.4, -0.2) is 11.7 Å². The Bertz CT molecular complexity index is 164. The van der Waals surface area contributed by atoms with Crippen molar-refractivity contribution in [3.05, 3.63) is 0 Å². The molecule has 0 aliphatic carbocycles. The van der Waals surface area contributed by atoms with Crippen molar-refractivity contribution in [1.82, 2.24) is 0 Å². The molecule has 0 aromatic rings. The highest BCUT2D eigenvalue weighted by atomic mass is 16.5. The lowest BCUT2D eigenvalue weighted by molar-refractivity contribution is -0.00274. The minimum absolute atomic E-state index is 0.249. The second kappa shape index (κ2) is 2.22. The van der Waals surface area contributed by atoms with Gasteiger partial charge in [-0.05, 0) is 38.0 Å². The van der Waals surface area contributed by atoms with Crippen LogP contribution >= 0.6 is 0 Å². The zero-order valence-corrected chi connectivity index (χ0v) is 7.76. The van der Waals surface area contributed by atoms with Gasteiger partial charge in [0.25, 0.3) is 0 Å². The first-order valence-electron chi connectivity index (χ1n) is 4.79. The van der Waals surface area contributed by atoms with Gasteiger partial charge >= 0.3 is 0 Å². The van der Waals surface area contributed by atoms with Crippen molar-refractivity contribution < 1.29 is 4.74 Å². The molecule has 0 saturated carbocycles. The molecule has 64 valence electrons. The molecule has 2 fully saturated rings. The van der Waals surface area contributed by atoms with E-state index in [1.54, 1.807) is 0 Å². The standard InChI is InChI=1S/C10H18O/c1-7(2)9-6-8-4-5-10(9,3)11-8/h7-9H,4-6H2,1-3H3. The largest absolute Gasteiger partial charge is 0.372 e. The maximum atomic E-state index is 5.93. The third-order valence-corrected chi connectivity index (χ3v) is 3.50. The summed E-state index contributed by atoms with van der Waals surface area (Å²) in [5, 5.41) is 0. The van der Waals surface area contributed by atoms with E-state index < -0.39 is 0 Å². The highest BCUT2D eigenvalue weighted by molar-refractivity contribution is 4.99. The average molecular weight is 154 g/mol. The number of hydrogen-bond acceptors (Lipinski definition) is 1. The first kappa shape index (κ1) is 7.60. The molecule has 0 aromatic carbocycles. The van der Waals surface area contributed by atoms with Crippen molar-refractivity contribution in [2.24, 2.45) is 11.8 Å². The molecule has 0 spiro atoms. The van der Waals surface area contributed by atoms with Gasteiger partial charge in [0.1, 0.15) is 0 Å². The van der Waals surface area contributed by atoms with Gasteiger partial charge in [-0.3, -0.25) is 0 Å². The lowest BCUT2D eigenvalue weighted by atomic mass is 9.74. The molecular weight excluding hydrogens is 136 g/mol. The number of fused-ring (bicyclic) bond motifs is 2. The normalized spacial score (nSPS) is 49.1. The molecule has 2 aliphatic heterocycles. The van der Waals surface area contributed by atoms with Crippen molar-refractivity contribution in [2.45, 2.75) is 51.7 Å². The molecule has 3 unspecified atom stereocenters. The minimum Gasteiger partial charge on any atom is -0.372 e. The van der Waals surface area contributed by atoms with E-state index >= 15 is 0 Å². The number of hydrogen-bond donors (Lipinski definition) is 0. The van der Waals surface area contributed by atoms with Crippen molar-refractivity contribution in [2.75, 3.05) is 0 Å². The second-order valence-electron chi connectivity index (χ2n) is 4.68. The van der Waals surface area contributed by atoms with Crippen molar-refractivity contribution >= 4 is 0 Å². The third-order valence-electron chi connectivity index (χ3n) is 3.50. The fourth-order valence-corrected chi connectivity index (χ4v) is 2.89. The summed E-state index contributed by atoms with van der Waals surface area (Å²) in [6.07, 6.45) is 4.52. The summed E-state index contributed by atoms with van der Waals surface area (Å²) in [4.78, 5) is 0. The predicted octanol–water partition coefficient (Wildman–Crippen LogP) is 2.60. The zero-order chi connectivity index (χ0) is 8.06.